The maximum Gasteiger partial charge on any atom is 0.270 e. The lowest BCUT2D eigenvalue weighted by Crippen LogP contribution is -2.46. The first-order valence-corrected chi connectivity index (χ1v) is 10.6. The van der Waals surface area contributed by atoms with Crippen molar-refractivity contribution in [2.45, 2.75) is 25.9 Å². The lowest BCUT2D eigenvalue weighted by atomic mass is 9.93. The van der Waals surface area contributed by atoms with Crippen molar-refractivity contribution in [3.63, 3.8) is 0 Å². The molecule has 3 amide bonds. The van der Waals surface area contributed by atoms with E-state index in [1.165, 1.54) is 18.2 Å². The number of amides is 3. The molecule has 7 heteroatoms. The Kier molecular flexibility index (Phi) is 4.89. The summed E-state index contributed by atoms with van der Waals surface area (Å²) in [7, 11) is 0. The van der Waals surface area contributed by atoms with Crippen LogP contribution in [0, 0.1) is 5.82 Å². The predicted molar refractivity (Wildman–Crippen MR) is 122 cm³/mol. The number of halogens is 1. The van der Waals surface area contributed by atoms with Gasteiger partial charge in [0.1, 0.15) is 5.82 Å². The molecule has 0 spiro atoms. The zero-order valence-electron chi connectivity index (χ0n) is 18.0. The number of benzene rings is 3. The summed E-state index contributed by atoms with van der Waals surface area (Å²) in [5.41, 5.74) is 2.67. The molecule has 2 aliphatic rings. The highest BCUT2D eigenvalue weighted by atomic mass is 19.1. The summed E-state index contributed by atoms with van der Waals surface area (Å²) < 4.78 is 14.9. The van der Waals surface area contributed by atoms with E-state index >= 15 is 0 Å². The number of carbonyl (C=O) groups excluding carboxylic acids is 3. The molecule has 1 atom stereocenters. The first-order valence-electron chi connectivity index (χ1n) is 10.6. The number of carbonyl (C=O) groups is 3. The van der Waals surface area contributed by atoms with Gasteiger partial charge in [-0.2, -0.15) is 0 Å². The Morgan fingerprint density at radius 2 is 1.39 bits per heavy atom. The molecule has 6 nitrogen and oxygen atoms in total. The van der Waals surface area contributed by atoms with Crippen LogP contribution in [-0.2, 0) is 4.79 Å². The van der Waals surface area contributed by atoms with Crippen molar-refractivity contribution < 1.29 is 18.8 Å². The van der Waals surface area contributed by atoms with Crippen molar-refractivity contribution in [3.05, 3.63) is 100 Å². The van der Waals surface area contributed by atoms with Gasteiger partial charge in [0, 0.05) is 11.1 Å². The van der Waals surface area contributed by atoms with E-state index < -0.39 is 29.7 Å². The second-order valence-electron chi connectivity index (χ2n) is 8.27. The monoisotopic (exact) mass is 441 g/mol. The topological polar surface area (TPSA) is 78.8 Å². The van der Waals surface area contributed by atoms with E-state index in [0.717, 1.165) is 10.5 Å². The van der Waals surface area contributed by atoms with Gasteiger partial charge in [-0.15, -0.1) is 0 Å². The molecule has 0 bridgehead atoms. The maximum atomic E-state index is 14.9. The molecule has 0 radical (unpaired) electrons. The van der Waals surface area contributed by atoms with Gasteiger partial charge in [0.15, 0.2) is 0 Å². The molecule has 1 N–H and O–H groups in total. The van der Waals surface area contributed by atoms with Gasteiger partial charge in [-0.3, -0.25) is 14.4 Å². The van der Waals surface area contributed by atoms with Crippen LogP contribution in [0.2, 0.25) is 0 Å². The third kappa shape index (κ3) is 3.24. The highest BCUT2D eigenvalue weighted by molar-refractivity contribution is 6.25. The van der Waals surface area contributed by atoms with Crippen molar-refractivity contribution in [1.29, 1.82) is 0 Å². The molecule has 2 aliphatic heterocycles. The minimum absolute atomic E-state index is 0.0537. The number of fused-ring (bicyclic) bond motifs is 2. The van der Waals surface area contributed by atoms with E-state index in [4.69, 9.17) is 0 Å². The average Bonchev–Trinajstić information content (AvgIpc) is 2.96. The van der Waals surface area contributed by atoms with E-state index in [0.29, 0.717) is 11.3 Å². The van der Waals surface area contributed by atoms with Crippen LogP contribution in [0.5, 0.6) is 0 Å². The minimum Gasteiger partial charge on any atom is -0.322 e. The molecular weight excluding hydrogens is 421 g/mol. The smallest absolute Gasteiger partial charge is 0.270 e. The number of benzodiazepines with no additional fused rings is 1. The number of imide groups is 1. The molecule has 0 aromatic heterocycles. The molecule has 0 unspecified atom stereocenters. The highest BCUT2D eigenvalue weighted by Gasteiger charge is 2.44. The molecule has 3 aromatic rings. The van der Waals surface area contributed by atoms with Crippen LogP contribution in [-0.4, -0.2) is 34.5 Å². The zero-order chi connectivity index (χ0) is 23.3. The summed E-state index contributed by atoms with van der Waals surface area (Å²) in [5, 5.41) is 2.86. The van der Waals surface area contributed by atoms with Crippen LogP contribution in [0.1, 0.15) is 57.2 Å². The number of hydrogen-bond acceptors (Lipinski definition) is 4. The van der Waals surface area contributed by atoms with Crippen LogP contribution in [0.15, 0.2) is 71.7 Å². The van der Waals surface area contributed by atoms with Gasteiger partial charge in [-0.25, -0.2) is 14.3 Å². The van der Waals surface area contributed by atoms with Crippen LogP contribution in [0.4, 0.5) is 10.1 Å². The second kappa shape index (κ2) is 7.78. The van der Waals surface area contributed by atoms with E-state index in [9.17, 15) is 18.8 Å². The number of nitrogens with zero attached hydrogens (tertiary/aromatic N) is 2. The highest BCUT2D eigenvalue weighted by Crippen LogP contribution is 2.34. The van der Waals surface area contributed by atoms with E-state index in [1.807, 2.05) is 26.0 Å². The molecule has 0 aliphatic carbocycles. The number of hydrogen-bond donors (Lipinski definition) is 1. The molecule has 33 heavy (non-hydrogen) atoms. The lowest BCUT2D eigenvalue weighted by Gasteiger charge is -2.21. The molecule has 3 aromatic carbocycles. The standard InChI is InChI=1S/C26H20FN3O3/c1-14(2)15-11-7-12-19-21(15)29-24(31)23(28-22(19)18-10-5-6-13-20(18)27)30-25(32)16-8-3-4-9-17(16)26(30)33/h3-14,23H,1-2H3,(H,29,31)/t23-/m0/s1. The van der Waals surface area contributed by atoms with Crippen LogP contribution < -0.4 is 5.32 Å². The van der Waals surface area contributed by atoms with Crippen LogP contribution >= 0.6 is 0 Å². The van der Waals surface area contributed by atoms with Gasteiger partial charge in [-0.1, -0.05) is 56.3 Å². The van der Waals surface area contributed by atoms with Crippen molar-refractivity contribution >= 4 is 29.1 Å². The summed E-state index contributed by atoms with van der Waals surface area (Å²) in [6.45, 7) is 3.96. The Hall–Kier alpha value is -4.13. The fourth-order valence-electron chi connectivity index (χ4n) is 4.30. The maximum absolute atomic E-state index is 14.9. The fourth-order valence-corrected chi connectivity index (χ4v) is 4.30. The SMILES string of the molecule is CC(C)c1cccc2c1NC(=O)[C@H](N1C(=O)c3ccccc3C1=O)N=C2c1ccccc1F. The van der Waals surface area contributed by atoms with Gasteiger partial charge >= 0.3 is 0 Å². The Bertz CT molecular complexity index is 1330. The molecule has 2 heterocycles. The number of rotatable bonds is 3. The summed E-state index contributed by atoms with van der Waals surface area (Å²) in [4.78, 5) is 45.0. The van der Waals surface area contributed by atoms with Gasteiger partial charge in [-0.05, 0) is 35.7 Å². The fraction of sp³-hybridized carbons (Fsp3) is 0.154. The molecular formula is C26H20FN3O3. The van der Waals surface area contributed by atoms with Crippen molar-refractivity contribution in [1.82, 2.24) is 4.90 Å². The average molecular weight is 441 g/mol. The largest absolute Gasteiger partial charge is 0.322 e. The number of anilines is 1. The zero-order valence-corrected chi connectivity index (χ0v) is 18.0. The number of nitrogens with one attached hydrogen (secondary N) is 1. The summed E-state index contributed by atoms with van der Waals surface area (Å²) in [6, 6.07) is 17.9. The molecule has 0 fully saturated rings. The van der Waals surface area contributed by atoms with E-state index in [-0.39, 0.29) is 28.3 Å². The summed E-state index contributed by atoms with van der Waals surface area (Å²) in [5.74, 6) is -2.32. The first kappa shape index (κ1) is 20.8. The Labute approximate surface area is 189 Å². The lowest BCUT2D eigenvalue weighted by molar-refractivity contribution is -0.119. The van der Waals surface area contributed by atoms with Crippen LogP contribution in [0.3, 0.4) is 0 Å². The molecule has 164 valence electrons. The Balaban J connectivity index is 1.73. The van der Waals surface area contributed by atoms with Crippen molar-refractivity contribution in [2.75, 3.05) is 5.32 Å². The Morgan fingerprint density at radius 1 is 0.818 bits per heavy atom. The number of para-hydroxylation sites is 1. The second-order valence-corrected chi connectivity index (χ2v) is 8.27. The van der Waals surface area contributed by atoms with E-state index in [2.05, 4.69) is 10.3 Å². The summed E-state index contributed by atoms with van der Waals surface area (Å²) in [6.07, 6.45) is -1.49. The predicted octanol–water partition coefficient (Wildman–Crippen LogP) is 4.36. The number of aliphatic imine (C=N–C) groups is 1. The third-order valence-corrected chi connectivity index (χ3v) is 5.91. The quantitative estimate of drug-likeness (QED) is 0.614. The van der Waals surface area contributed by atoms with Gasteiger partial charge in [0.25, 0.3) is 17.7 Å². The van der Waals surface area contributed by atoms with Gasteiger partial charge in [0.2, 0.25) is 6.17 Å². The van der Waals surface area contributed by atoms with Gasteiger partial charge in [0.05, 0.1) is 22.5 Å². The third-order valence-electron chi connectivity index (χ3n) is 5.91. The van der Waals surface area contributed by atoms with Crippen molar-refractivity contribution in [3.8, 4) is 0 Å². The minimum atomic E-state index is -1.49. The molecule has 5 rings (SSSR count). The van der Waals surface area contributed by atoms with Crippen LogP contribution in [0.25, 0.3) is 0 Å². The molecule has 0 saturated heterocycles. The Morgan fingerprint density at radius 3 is 2.00 bits per heavy atom. The first-order chi connectivity index (χ1) is 15.9. The van der Waals surface area contributed by atoms with E-state index in [1.54, 1.807) is 36.4 Å². The van der Waals surface area contributed by atoms with Crippen molar-refractivity contribution in [2.24, 2.45) is 4.99 Å². The molecule has 0 saturated carbocycles. The summed E-state index contributed by atoms with van der Waals surface area (Å²) >= 11 is 0. The normalized spacial score (nSPS) is 17.5. The van der Waals surface area contributed by atoms with Gasteiger partial charge < -0.3 is 5.32 Å².